The average molecular weight is 429 g/mol. The summed E-state index contributed by atoms with van der Waals surface area (Å²) in [6.07, 6.45) is 5.88. The first kappa shape index (κ1) is 22.0. The van der Waals surface area contributed by atoms with Crippen LogP contribution in [0.2, 0.25) is 0 Å². The van der Waals surface area contributed by atoms with Gasteiger partial charge in [-0.1, -0.05) is 61.0 Å². The summed E-state index contributed by atoms with van der Waals surface area (Å²) in [5.41, 5.74) is 4.11. The van der Waals surface area contributed by atoms with Gasteiger partial charge < -0.3 is 10.2 Å². The molecule has 5 nitrogen and oxygen atoms in total. The van der Waals surface area contributed by atoms with Crippen molar-refractivity contribution in [3.05, 3.63) is 77.5 Å². The molecule has 3 aromatic rings. The Morgan fingerprint density at radius 2 is 1.88 bits per heavy atom. The van der Waals surface area contributed by atoms with Crippen LogP contribution >= 0.6 is 0 Å². The molecule has 0 saturated carbocycles. The Balaban J connectivity index is 1.56. The van der Waals surface area contributed by atoms with Crippen molar-refractivity contribution in [1.29, 1.82) is 0 Å². The van der Waals surface area contributed by atoms with Crippen LogP contribution in [0.5, 0.6) is 0 Å². The molecular formula is C27H32N4O. The summed E-state index contributed by atoms with van der Waals surface area (Å²) in [5, 5.41) is 2.99. The van der Waals surface area contributed by atoms with Crippen LogP contribution in [-0.4, -0.2) is 35.5 Å². The van der Waals surface area contributed by atoms with Gasteiger partial charge in [0, 0.05) is 31.4 Å². The van der Waals surface area contributed by atoms with E-state index in [1.807, 2.05) is 12.1 Å². The van der Waals surface area contributed by atoms with E-state index >= 15 is 0 Å². The number of amides is 1. The number of aromatic nitrogens is 2. The van der Waals surface area contributed by atoms with Gasteiger partial charge in [-0.15, -0.1) is 0 Å². The number of benzene rings is 2. The number of hydrogen-bond acceptors (Lipinski definition) is 4. The lowest BCUT2D eigenvalue weighted by molar-refractivity contribution is 0.0953. The average Bonchev–Trinajstić information content (AvgIpc) is 2.83. The molecule has 1 aliphatic rings. The molecule has 2 aromatic carbocycles. The minimum atomic E-state index is -0.0935. The molecule has 0 bridgehead atoms. The zero-order chi connectivity index (χ0) is 22.3. The molecule has 2 heterocycles. The molecule has 0 spiro atoms. The summed E-state index contributed by atoms with van der Waals surface area (Å²) in [7, 11) is 0. The third kappa shape index (κ3) is 5.34. The van der Waals surface area contributed by atoms with Crippen LogP contribution in [0.4, 0.5) is 5.82 Å². The molecule has 0 aliphatic carbocycles. The number of carbonyl (C=O) groups excluding carboxylic acids is 1. The first-order valence-electron chi connectivity index (χ1n) is 11.6. The second kappa shape index (κ2) is 10.4. The van der Waals surface area contributed by atoms with E-state index in [0.29, 0.717) is 23.9 Å². The summed E-state index contributed by atoms with van der Waals surface area (Å²) < 4.78 is 0. The van der Waals surface area contributed by atoms with Crippen molar-refractivity contribution in [2.45, 2.75) is 39.5 Å². The van der Waals surface area contributed by atoms with E-state index in [9.17, 15) is 4.79 Å². The highest BCUT2D eigenvalue weighted by Gasteiger charge is 2.25. The van der Waals surface area contributed by atoms with Crippen LogP contribution in [0, 0.1) is 12.8 Å². The van der Waals surface area contributed by atoms with Crippen molar-refractivity contribution in [1.82, 2.24) is 15.3 Å². The summed E-state index contributed by atoms with van der Waals surface area (Å²) in [6, 6.07) is 18.9. The SMILES string of the molecule is CCCNC(=O)c1cnc(-c2cccc(C)c2)nc1N1CCC(Cc2ccccc2)CC1. The minimum Gasteiger partial charge on any atom is -0.356 e. The Kier molecular flexibility index (Phi) is 7.15. The van der Waals surface area contributed by atoms with Crippen molar-refractivity contribution in [2.75, 3.05) is 24.5 Å². The standard InChI is InChI=1S/C27H32N4O/c1-3-14-28-27(32)24-19-29-25(23-11-7-8-20(2)17-23)30-26(24)31-15-12-22(13-16-31)18-21-9-5-4-6-10-21/h4-11,17,19,22H,3,12-16,18H2,1-2H3,(H,28,32). The highest BCUT2D eigenvalue weighted by Crippen LogP contribution is 2.28. The number of piperidine rings is 1. The smallest absolute Gasteiger partial charge is 0.256 e. The lowest BCUT2D eigenvalue weighted by atomic mass is 9.90. The maximum absolute atomic E-state index is 12.9. The van der Waals surface area contributed by atoms with Gasteiger partial charge in [0.15, 0.2) is 5.82 Å². The van der Waals surface area contributed by atoms with Crippen LogP contribution in [0.15, 0.2) is 60.8 Å². The number of nitrogens with zero attached hydrogens (tertiary/aromatic N) is 3. The Hall–Kier alpha value is -3.21. The molecule has 0 atom stereocenters. The van der Waals surface area contributed by atoms with Crippen LogP contribution in [0.3, 0.4) is 0 Å². The Morgan fingerprint density at radius 3 is 2.59 bits per heavy atom. The lowest BCUT2D eigenvalue weighted by Crippen LogP contribution is -2.37. The van der Waals surface area contributed by atoms with Crippen LogP contribution in [0.25, 0.3) is 11.4 Å². The maximum Gasteiger partial charge on any atom is 0.256 e. The third-order valence-electron chi connectivity index (χ3n) is 6.11. The van der Waals surface area contributed by atoms with Crippen molar-refractivity contribution in [2.24, 2.45) is 5.92 Å². The molecule has 5 heteroatoms. The van der Waals surface area contributed by atoms with Gasteiger partial charge in [0.05, 0.1) is 0 Å². The summed E-state index contributed by atoms with van der Waals surface area (Å²) in [6.45, 7) is 6.56. The topological polar surface area (TPSA) is 58.1 Å². The number of hydrogen-bond donors (Lipinski definition) is 1. The number of nitrogens with one attached hydrogen (secondary N) is 1. The van der Waals surface area contributed by atoms with Crippen LogP contribution in [-0.2, 0) is 6.42 Å². The Bertz CT molecular complexity index is 1040. The molecule has 1 amide bonds. The van der Waals surface area contributed by atoms with Gasteiger partial charge in [0.1, 0.15) is 11.4 Å². The predicted octanol–water partition coefficient (Wildman–Crippen LogP) is 5.05. The molecule has 32 heavy (non-hydrogen) atoms. The fourth-order valence-corrected chi connectivity index (χ4v) is 4.33. The molecule has 1 saturated heterocycles. The molecule has 1 aromatic heterocycles. The van der Waals surface area contributed by atoms with Gasteiger partial charge in [-0.25, -0.2) is 9.97 Å². The maximum atomic E-state index is 12.9. The van der Waals surface area contributed by atoms with E-state index in [1.165, 1.54) is 11.1 Å². The molecule has 166 valence electrons. The van der Waals surface area contributed by atoms with E-state index in [0.717, 1.165) is 50.2 Å². The van der Waals surface area contributed by atoms with Crippen molar-refractivity contribution >= 4 is 11.7 Å². The van der Waals surface area contributed by atoms with Crippen molar-refractivity contribution in [3.63, 3.8) is 0 Å². The van der Waals surface area contributed by atoms with Gasteiger partial charge in [-0.2, -0.15) is 0 Å². The van der Waals surface area contributed by atoms with Crippen molar-refractivity contribution < 1.29 is 4.79 Å². The highest BCUT2D eigenvalue weighted by molar-refractivity contribution is 5.98. The van der Waals surface area contributed by atoms with E-state index < -0.39 is 0 Å². The summed E-state index contributed by atoms with van der Waals surface area (Å²) >= 11 is 0. The van der Waals surface area contributed by atoms with E-state index in [4.69, 9.17) is 4.98 Å². The first-order chi connectivity index (χ1) is 15.6. The fraction of sp³-hybridized carbons (Fsp3) is 0.370. The number of rotatable bonds is 7. The van der Waals surface area contributed by atoms with E-state index in [1.54, 1.807) is 6.20 Å². The van der Waals surface area contributed by atoms with Gasteiger partial charge in [-0.3, -0.25) is 4.79 Å². The number of aryl methyl sites for hydroxylation is 1. The molecule has 0 radical (unpaired) electrons. The van der Waals surface area contributed by atoms with Crippen LogP contribution in [0.1, 0.15) is 47.7 Å². The van der Waals surface area contributed by atoms with Crippen molar-refractivity contribution in [3.8, 4) is 11.4 Å². The largest absolute Gasteiger partial charge is 0.356 e. The van der Waals surface area contributed by atoms with Crippen LogP contribution < -0.4 is 10.2 Å². The molecule has 0 unspecified atom stereocenters. The summed E-state index contributed by atoms with van der Waals surface area (Å²) in [4.78, 5) is 24.6. The zero-order valence-corrected chi connectivity index (χ0v) is 19.1. The highest BCUT2D eigenvalue weighted by atomic mass is 16.1. The normalized spacial score (nSPS) is 14.4. The Morgan fingerprint density at radius 1 is 1.09 bits per heavy atom. The molecule has 1 N–H and O–H groups in total. The zero-order valence-electron chi connectivity index (χ0n) is 19.1. The Labute approximate surface area is 190 Å². The first-order valence-corrected chi connectivity index (χ1v) is 11.6. The monoisotopic (exact) mass is 428 g/mol. The lowest BCUT2D eigenvalue weighted by Gasteiger charge is -2.34. The molecule has 4 rings (SSSR count). The van der Waals surface area contributed by atoms with E-state index in [2.05, 4.69) is 71.5 Å². The predicted molar refractivity (Wildman–Crippen MR) is 130 cm³/mol. The third-order valence-corrected chi connectivity index (χ3v) is 6.11. The van der Waals surface area contributed by atoms with Gasteiger partial charge in [0.25, 0.3) is 5.91 Å². The quantitative estimate of drug-likeness (QED) is 0.572. The second-order valence-electron chi connectivity index (χ2n) is 8.68. The molecule has 1 aliphatic heterocycles. The summed E-state index contributed by atoms with van der Waals surface area (Å²) in [5.74, 6) is 1.98. The van der Waals surface area contributed by atoms with Gasteiger partial charge >= 0.3 is 0 Å². The minimum absolute atomic E-state index is 0.0935. The second-order valence-corrected chi connectivity index (χ2v) is 8.68. The molecular weight excluding hydrogens is 396 g/mol. The van der Waals surface area contributed by atoms with Gasteiger partial charge in [0.2, 0.25) is 0 Å². The fourth-order valence-electron chi connectivity index (χ4n) is 4.33. The van der Waals surface area contributed by atoms with E-state index in [-0.39, 0.29) is 5.91 Å². The molecule has 1 fully saturated rings. The number of anilines is 1. The number of carbonyl (C=O) groups is 1. The van der Waals surface area contributed by atoms with Gasteiger partial charge in [-0.05, 0) is 50.2 Å².